The first-order valence-electron chi connectivity index (χ1n) is 7.18. The molecule has 5 heteroatoms. The predicted octanol–water partition coefficient (Wildman–Crippen LogP) is 5.17. The zero-order valence-electron chi connectivity index (χ0n) is 12.3. The van der Waals surface area contributed by atoms with Crippen molar-refractivity contribution in [3.8, 4) is 5.88 Å². The molecule has 0 spiro atoms. The number of anilines is 1. The lowest BCUT2D eigenvalue weighted by Gasteiger charge is -2.34. The molecule has 0 amide bonds. The molecular weight excluding hydrogens is 295 g/mol. The molecule has 1 N–H and O–H groups in total. The maximum absolute atomic E-state index is 6.18. The van der Waals surface area contributed by atoms with Gasteiger partial charge < -0.3 is 10.1 Å². The molecule has 1 saturated carbocycles. The molecule has 2 rings (SSSR count). The average molecular weight is 317 g/mol. The second-order valence-electron chi connectivity index (χ2n) is 6.12. The van der Waals surface area contributed by atoms with Gasteiger partial charge in [-0.15, -0.1) is 0 Å². The third-order valence-corrected chi connectivity index (χ3v) is 4.36. The highest BCUT2D eigenvalue weighted by atomic mass is 35.5. The van der Waals surface area contributed by atoms with Gasteiger partial charge in [-0.25, -0.2) is 0 Å². The molecule has 20 heavy (non-hydrogen) atoms. The molecule has 0 radical (unpaired) electrons. The third kappa shape index (κ3) is 3.92. The first-order valence-corrected chi connectivity index (χ1v) is 7.93. The van der Waals surface area contributed by atoms with Gasteiger partial charge in [0.1, 0.15) is 16.9 Å². The molecule has 1 aromatic heterocycles. The summed E-state index contributed by atoms with van der Waals surface area (Å²) in [6.45, 7) is 7.36. The van der Waals surface area contributed by atoms with Crippen LogP contribution in [0.5, 0.6) is 5.88 Å². The summed E-state index contributed by atoms with van der Waals surface area (Å²) in [5, 5.41) is 4.11. The van der Waals surface area contributed by atoms with Crippen molar-refractivity contribution >= 4 is 29.0 Å². The largest absolute Gasteiger partial charge is 0.473 e. The number of nitrogens with one attached hydrogen (secondary N) is 1. The second-order valence-corrected chi connectivity index (χ2v) is 6.93. The third-order valence-electron chi connectivity index (χ3n) is 3.81. The minimum Gasteiger partial charge on any atom is -0.473 e. The van der Waals surface area contributed by atoms with Crippen molar-refractivity contribution in [2.75, 3.05) is 11.9 Å². The molecule has 112 valence electrons. The van der Waals surface area contributed by atoms with E-state index in [4.69, 9.17) is 27.9 Å². The van der Waals surface area contributed by atoms with E-state index < -0.39 is 0 Å². The Morgan fingerprint density at radius 1 is 1.30 bits per heavy atom. The van der Waals surface area contributed by atoms with Gasteiger partial charge in [0.05, 0.1) is 5.02 Å². The summed E-state index contributed by atoms with van der Waals surface area (Å²) in [5.41, 5.74) is 0.423. The quantitative estimate of drug-likeness (QED) is 0.832. The summed E-state index contributed by atoms with van der Waals surface area (Å²) < 4.78 is 5.98. The summed E-state index contributed by atoms with van der Waals surface area (Å²) in [4.78, 5) is 4.39. The minimum absolute atomic E-state index is 0.198. The van der Waals surface area contributed by atoms with Crippen LogP contribution in [0.25, 0.3) is 0 Å². The normalized spacial score (nSPS) is 18.9. The molecule has 3 nitrogen and oxygen atoms in total. The van der Waals surface area contributed by atoms with Gasteiger partial charge in [0, 0.05) is 6.54 Å². The average Bonchev–Trinajstić information content (AvgIpc) is 2.37. The number of hydrogen-bond donors (Lipinski definition) is 1. The molecule has 0 saturated heterocycles. The van der Waals surface area contributed by atoms with Crippen LogP contribution in [0, 0.1) is 5.41 Å². The zero-order chi connectivity index (χ0) is 14.8. The van der Waals surface area contributed by atoms with Crippen molar-refractivity contribution in [2.45, 2.75) is 52.6 Å². The van der Waals surface area contributed by atoms with Gasteiger partial charge >= 0.3 is 0 Å². The highest BCUT2D eigenvalue weighted by Gasteiger charge is 2.28. The Bertz CT molecular complexity index is 467. The highest BCUT2D eigenvalue weighted by Crippen LogP contribution is 2.38. The predicted molar refractivity (Wildman–Crippen MR) is 85.1 cm³/mol. The Kier molecular flexibility index (Phi) is 5.03. The van der Waals surface area contributed by atoms with E-state index in [1.165, 1.54) is 12.8 Å². The van der Waals surface area contributed by atoms with Crippen LogP contribution >= 0.6 is 23.2 Å². The van der Waals surface area contributed by atoms with Gasteiger partial charge in [0.25, 0.3) is 0 Å². The Morgan fingerprint density at radius 3 is 2.55 bits per heavy atom. The lowest BCUT2D eigenvalue weighted by molar-refractivity contribution is 0.0951. The molecule has 0 aromatic carbocycles. The van der Waals surface area contributed by atoms with Crippen LogP contribution in [-0.2, 0) is 0 Å². The first kappa shape index (κ1) is 15.7. The molecule has 1 heterocycles. The van der Waals surface area contributed by atoms with Crippen LogP contribution in [0.15, 0.2) is 6.07 Å². The fourth-order valence-electron chi connectivity index (χ4n) is 2.47. The van der Waals surface area contributed by atoms with Gasteiger partial charge in [0.15, 0.2) is 0 Å². The van der Waals surface area contributed by atoms with E-state index >= 15 is 0 Å². The second kappa shape index (κ2) is 6.40. The number of aromatic nitrogens is 1. The Labute approximate surface area is 131 Å². The van der Waals surface area contributed by atoms with Crippen molar-refractivity contribution in [1.29, 1.82) is 0 Å². The maximum Gasteiger partial charge on any atom is 0.234 e. The van der Waals surface area contributed by atoms with Gasteiger partial charge in [-0.2, -0.15) is 4.98 Å². The van der Waals surface area contributed by atoms with Crippen LogP contribution < -0.4 is 10.1 Å². The Hall–Kier alpha value is -0.670. The zero-order valence-corrected chi connectivity index (χ0v) is 13.8. The van der Waals surface area contributed by atoms with Crippen molar-refractivity contribution in [2.24, 2.45) is 5.41 Å². The molecule has 1 aliphatic rings. The van der Waals surface area contributed by atoms with E-state index in [1.54, 1.807) is 6.07 Å². The van der Waals surface area contributed by atoms with Crippen LogP contribution in [-0.4, -0.2) is 17.6 Å². The lowest BCUT2D eigenvalue weighted by atomic mass is 9.76. The molecule has 1 fully saturated rings. The van der Waals surface area contributed by atoms with Gasteiger partial charge in [-0.05, 0) is 44.1 Å². The van der Waals surface area contributed by atoms with Crippen LogP contribution in [0.1, 0.15) is 46.5 Å². The molecule has 0 atom stereocenters. The van der Waals surface area contributed by atoms with E-state index in [2.05, 4.69) is 24.1 Å². The van der Waals surface area contributed by atoms with Crippen molar-refractivity contribution in [3.63, 3.8) is 0 Å². The number of ether oxygens (including phenoxy) is 1. The minimum atomic E-state index is 0.198. The van der Waals surface area contributed by atoms with E-state index in [9.17, 15) is 0 Å². The molecule has 0 unspecified atom stereocenters. The number of nitrogens with zero attached hydrogens (tertiary/aromatic N) is 1. The molecular formula is C15H22Cl2N2O. The van der Waals surface area contributed by atoms with E-state index in [0.717, 1.165) is 19.4 Å². The molecule has 0 bridgehead atoms. The summed E-state index contributed by atoms with van der Waals surface area (Å²) in [7, 11) is 0. The van der Waals surface area contributed by atoms with Gasteiger partial charge in [-0.3, -0.25) is 0 Å². The van der Waals surface area contributed by atoms with Crippen LogP contribution in [0.2, 0.25) is 10.0 Å². The van der Waals surface area contributed by atoms with Gasteiger partial charge in [-0.1, -0.05) is 37.0 Å². The number of pyridine rings is 1. The summed E-state index contributed by atoms with van der Waals surface area (Å²) in [6.07, 6.45) is 4.63. The Morgan fingerprint density at radius 2 is 1.95 bits per heavy atom. The number of hydrogen-bond acceptors (Lipinski definition) is 3. The smallest absolute Gasteiger partial charge is 0.234 e. The first-order chi connectivity index (χ1) is 9.41. The van der Waals surface area contributed by atoms with Gasteiger partial charge in [0.2, 0.25) is 5.88 Å². The maximum atomic E-state index is 6.18. The van der Waals surface area contributed by atoms with E-state index in [-0.39, 0.29) is 6.10 Å². The molecule has 1 aliphatic carbocycles. The fraction of sp³-hybridized carbons (Fsp3) is 0.667. The highest BCUT2D eigenvalue weighted by molar-refractivity contribution is 6.36. The van der Waals surface area contributed by atoms with Crippen molar-refractivity contribution in [1.82, 2.24) is 4.98 Å². The summed E-state index contributed by atoms with van der Waals surface area (Å²) >= 11 is 12.3. The Balaban J connectivity index is 2.07. The number of rotatable bonds is 4. The monoisotopic (exact) mass is 316 g/mol. The molecule has 1 aromatic rings. The van der Waals surface area contributed by atoms with Crippen molar-refractivity contribution < 1.29 is 4.74 Å². The molecule has 0 aliphatic heterocycles. The lowest BCUT2D eigenvalue weighted by Crippen LogP contribution is -2.28. The van der Waals surface area contributed by atoms with E-state index in [0.29, 0.717) is 27.2 Å². The standard InChI is InChI=1S/C15H22Cl2N2O/c1-4-18-13-11(16)9-12(17)14(19-13)20-10-5-7-15(2,3)8-6-10/h9-10H,4-8H2,1-3H3,(H,18,19). The van der Waals surface area contributed by atoms with Crippen LogP contribution in [0.4, 0.5) is 5.82 Å². The number of halogens is 2. The van der Waals surface area contributed by atoms with E-state index in [1.807, 2.05) is 6.92 Å². The summed E-state index contributed by atoms with van der Waals surface area (Å²) in [6, 6.07) is 1.69. The topological polar surface area (TPSA) is 34.2 Å². The fourth-order valence-corrected chi connectivity index (χ4v) is 2.94. The van der Waals surface area contributed by atoms with Crippen LogP contribution in [0.3, 0.4) is 0 Å². The SMILES string of the molecule is CCNc1nc(OC2CCC(C)(C)CC2)c(Cl)cc1Cl. The summed E-state index contributed by atoms with van der Waals surface area (Å²) in [5.74, 6) is 1.11. The van der Waals surface area contributed by atoms with Crippen molar-refractivity contribution in [3.05, 3.63) is 16.1 Å².